The standard InChI is InChI=1S/C28H30N2O4S/c1-3-11-27(34-21(2)31)28(35(32,33)24-13-5-4-6-14-24)30-20-22(25-15-7-8-16-26(25)30)17-18-23-12-9-10-19-29-23/h4-10,12-16,19-20,27-28H,3,11,17-18H2,1-2H3. The van der Waals surface area contributed by atoms with E-state index in [-0.39, 0.29) is 4.90 Å². The van der Waals surface area contributed by atoms with E-state index in [4.69, 9.17) is 4.74 Å². The Bertz CT molecular complexity index is 1380. The molecule has 0 N–H and O–H groups in total. The van der Waals surface area contributed by atoms with Gasteiger partial charge in [-0.1, -0.05) is 55.8 Å². The molecule has 0 aliphatic carbocycles. The lowest BCUT2D eigenvalue weighted by molar-refractivity contribution is -0.147. The first-order valence-electron chi connectivity index (χ1n) is 11.9. The highest BCUT2D eigenvalue weighted by Gasteiger charge is 2.39. The monoisotopic (exact) mass is 490 g/mol. The summed E-state index contributed by atoms with van der Waals surface area (Å²) in [7, 11) is -3.89. The van der Waals surface area contributed by atoms with Crippen LogP contribution in [0.2, 0.25) is 0 Å². The molecule has 2 unspecified atom stereocenters. The van der Waals surface area contributed by atoms with Crippen molar-refractivity contribution in [1.82, 2.24) is 9.55 Å². The average molecular weight is 491 g/mol. The van der Waals surface area contributed by atoms with E-state index in [9.17, 15) is 13.2 Å². The lowest BCUT2D eigenvalue weighted by atomic mass is 10.1. The lowest BCUT2D eigenvalue weighted by Gasteiger charge is -2.28. The first-order chi connectivity index (χ1) is 16.9. The van der Waals surface area contributed by atoms with Crippen LogP contribution >= 0.6 is 0 Å². The van der Waals surface area contributed by atoms with Crippen molar-refractivity contribution in [3.05, 3.63) is 96.4 Å². The molecule has 4 rings (SSSR count). The van der Waals surface area contributed by atoms with Crippen LogP contribution in [0.25, 0.3) is 10.9 Å². The second kappa shape index (κ2) is 10.9. The van der Waals surface area contributed by atoms with E-state index in [0.717, 1.165) is 28.6 Å². The smallest absolute Gasteiger partial charge is 0.303 e. The molecular weight excluding hydrogens is 460 g/mol. The summed E-state index contributed by atoms with van der Waals surface area (Å²) in [5.41, 5.74) is 2.79. The number of sulfone groups is 1. The molecule has 0 bridgehead atoms. The number of hydrogen-bond acceptors (Lipinski definition) is 5. The number of esters is 1. The number of carbonyl (C=O) groups is 1. The summed E-state index contributed by atoms with van der Waals surface area (Å²) in [6.45, 7) is 3.27. The minimum atomic E-state index is -3.89. The largest absolute Gasteiger partial charge is 0.459 e. The third-order valence-corrected chi connectivity index (χ3v) is 8.17. The maximum Gasteiger partial charge on any atom is 0.303 e. The van der Waals surface area contributed by atoms with Gasteiger partial charge in [0.05, 0.1) is 4.90 Å². The van der Waals surface area contributed by atoms with Gasteiger partial charge in [0.15, 0.2) is 5.37 Å². The van der Waals surface area contributed by atoms with E-state index in [1.165, 1.54) is 6.92 Å². The number of aryl methyl sites for hydroxylation is 2. The van der Waals surface area contributed by atoms with Crippen LogP contribution in [0.5, 0.6) is 0 Å². The van der Waals surface area contributed by atoms with E-state index in [0.29, 0.717) is 19.3 Å². The molecule has 182 valence electrons. The van der Waals surface area contributed by atoms with Gasteiger partial charge in [-0.05, 0) is 55.2 Å². The van der Waals surface area contributed by atoms with E-state index in [1.807, 2.05) is 55.6 Å². The van der Waals surface area contributed by atoms with Crippen LogP contribution in [-0.2, 0) is 32.2 Å². The van der Waals surface area contributed by atoms with Gasteiger partial charge in [0.1, 0.15) is 6.10 Å². The molecule has 0 radical (unpaired) electrons. The molecule has 0 amide bonds. The van der Waals surface area contributed by atoms with Crippen molar-refractivity contribution < 1.29 is 17.9 Å². The van der Waals surface area contributed by atoms with Gasteiger partial charge in [-0.3, -0.25) is 9.78 Å². The molecule has 2 aromatic carbocycles. The summed E-state index contributed by atoms with van der Waals surface area (Å²) >= 11 is 0. The third kappa shape index (κ3) is 5.46. The maximum atomic E-state index is 14.0. The Labute approximate surface area is 206 Å². The molecule has 0 aliphatic heterocycles. The molecule has 0 fully saturated rings. The fourth-order valence-electron chi connectivity index (χ4n) is 4.53. The number of nitrogens with zero attached hydrogens (tertiary/aromatic N) is 2. The van der Waals surface area contributed by atoms with Crippen LogP contribution in [0.15, 0.2) is 90.1 Å². The van der Waals surface area contributed by atoms with Crippen molar-refractivity contribution in [2.24, 2.45) is 0 Å². The summed E-state index contributed by atoms with van der Waals surface area (Å²) in [4.78, 5) is 16.6. The third-order valence-electron chi connectivity index (χ3n) is 6.07. The number of aromatic nitrogens is 2. The first kappa shape index (κ1) is 24.7. The summed E-state index contributed by atoms with van der Waals surface area (Å²) < 4.78 is 35.5. The van der Waals surface area contributed by atoms with Crippen molar-refractivity contribution in [2.45, 2.75) is 55.9 Å². The van der Waals surface area contributed by atoms with Crippen LogP contribution in [0.1, 0.15) is 43.3 Å². The summed E-state index contributed by atoms with van der Waals surface area (Å²) in [5, 5.41) is -0.114. The average Bonchev–Trinajstić information content (AvgIpc) is 3.22. The molecule has 35 heavy (non-hydrogen) atoms. The Hall–Kier alpha value is -3.45. The molecule has 2 aromatic heterocycles. The topological polar surface area (TPSA) is 78.3 Å². The molecule has 0 saturated carbocycles. The van der Waals surface area contributed by atoms with Crippen molar-refractivity contribution in [3.8, 4) is 0 Å². The molecule has 0 spiro atoms. The van der Waals surface area contributed by atoms with Gasteiger partial charge < -0.3 is 9.30 Å². The second-order valence-electron chi connectivity index (χ2n) is 8.59. The molecule has 2 heterocycles. The summed E-state index contributed by atoms with van der Waals surface area (Å²) in [6, 6.07) is 22.0. The van der Waals surface area contributed by atoms with E-state index >= 15 is 0 Å². The number of rotatable bonds is 10. The van der Waals surface area contributed by atoms with Gasteiger partial charge in [-0.25, -0.2) is 8.42 Å². The van der Waals surface area contributed by atoms with Crippen molar-refractivity contribution >= 4 is 26.7 Å². The minimum absolute atomic E-state index is 0.200. The van der Waals surface area contributed by atoms with Gasteiger partial charge in [-0.15, -0.1) is 0 Å². The highest BCUT2D eigenvalue weighted by Crippen LogP contribution is 2.36. The zero-order valence-electron chi connectivity index (χ0n) is 20.0. The predicted octanol–water partition coefficient (Wildman–Crippen LogP) is 5.53. The summed E-state index contributed by atoms with van der Waals surface area (Å²) in [6.07, 6.45) is 5.38. The summed E-state index contributed by atoms with van der Waals surface area (Å²) in [5.74, 6) is -0.497. The Morgan fingerprint density at radius 1 is 0.971 bits per heavy atom. The Morgan fingerprint density at radius 2 is 1.69 bits per heavy atom. The molecule has 0 aliphatic rings. The second-order valence-corrected chi connectivity index (χ2v) is 10.6. The fraction of sp³-hybridized carbons (Fsp3) is 0.286. The van der Waals surface area contributed by atoms with Crippen molar-refractivity contribution in [1.29, 1.82) is 0 Å². The number of pyridine rings is 1. The highest BCUT2D eigenvalue weighted by atomic mass is 32.2. The molecule has 0 saturated heterocycles. The molecule has 2 atom stereocenters. The van der Waals surface area contributed by atoms with E-state index in [2.05, 4.69) is 4.98 Å². The molecule has 7 heteroatoms. The zero-order chi connectivity index (χ0) is 24.8. The predicted molar refractivity (Wildman–Crippen MR) is 137 cm³/mol. The first-order valence-corrected chi connectivity index (χ1v) is 13.4. The maximum absolute atomic E-state index is 14.0. The van der Waals surface area contributed by atoms with Crippen LogP contribution in [-0.4, -0.2) is 30.0 Å². The normalized spacial score (nSPS) is 13.4. The number of hydrogen-bond donors (Lipinski definition) is 0. The van der Waals surface area contributed by atoms with E-state index < -0.39 is 27.3 Å². The number of fused-ring (bicyclic) bond motifs is 1. The van der Waals surface area contributed by atoms with Crippen LogP contribution in [0, 0.1) is 0 Å². The minimum Gasteiger partial charge on any atom is -0.459 e. The highest BCUT2D eigenvalue weighted by molar-refractivity contribution is 7.91. The number of benzene rings is 2. The molecule has 4 aromatic rings. The van der Waals surface area contributed by atoms with Gasteiger partial charge in [-0.2, -0.15) is 0 Å². The van der Waals surface area contributed by atoms with Gasteiger partial charge >= 0.3 is 5.97 Å². The van der Waals surface area contributed by atoms with Crippen molar-refractivity contribution in [2.75, 3.05) is 0 Å². The number of ether oxygens (including phenoxy) is 1. The SMILES string of the molecule is CCCC(OC(C)=O)C(n1cc(CCc2ccccn2)c2ccccc21)S(=O)(=O)c1ccccc1. The number of carbonyl (C=O) groups excluding carboxylic acids is 1. The fourth-order valence-corrected chi connectivity index (χ4v) is 6.41. The number of para-hydroxylation sites is 1. The molecule has 6 nitrogen and oxygen atoms in total. The molecular formula is C28H30N2O4S. The van der Waals surface area contributed by atoms with Crippen molar-refractivity contribution in [3.63, 3.8) is 0 Å². The zero-order valence-corrected chi connectivity index (χ0v) is 20.8. The van der Waals surface area contributed by atoms with Gasteiger partial charge in [0, 0.05) is 35.9 Å². The Balaban J connectivity index is 1.86. The van der Waals surface area contributed by atoms with E-state index in [1.54, 1.807) is 41.1 Å². The van der Waals surface area contributed by atoms with Gasteiger partial charge in [0.25, 0.3) is 0 Å². The quantitative estimate of drug-likeness (QED) is 0.273. The van der Waals surface area contributed by atoms with Crippen LogP contribution in [0.4, 0.5) is 0 Å². The van der Waals surface area contributed by atoms with Crippen LogP contribution in [0.3, 0.4) is 0 Å². The Morgan fingerprint density at radius 3 is 2.37 bits per heavy atom. The van der Waals surface area contributed by atoms with Crippen LogP contribution < -0.4 is 0 Å². The Kier molecular flexibility index (Phi) is 7.66. The lowest BCUT2D eigenvalue weighted by Crippen LogP contribution is -2.34. The van der Waals surface area contributed by atoms with Gasteiger partial charge in [0.2, 0.25) is 9.84 Å².